The first-order chi connectivity index (χ1) is 14.6. The second kappa shape index (κ2) is 8.64. The molecule has 3 rings (SSSR count). The minimum absolute atomic E-state index is 0.0296. The summed E-state index contributed by atoms with van der Waals surface area (Å²) in [6, 6.07) is 9.09. The Kier molecular flexibility index (Phi) is 6.16. The monoisotopic (exact) mass is 431 g/mol. The van der Waals surface area contributed by atoms with Crippen molar-refractivity contribution in [1.29, 1.82) is 0 Å². The van der Waals surface area contributed by atoms with Crippen LogP contribution in [0.3, 0.4) is 0 Å². The van der Waals surface area contributed by atoms with Gasteiger partial charge in [0.1, 0.15) is 17.1 Å². The van der Waals surface area contributed by atoms with E-state index >= 15 is 0 Å². The standard InChI is InChI=1S/C23H17F4NO3/c1-2-3-17-18(13-4-6-14(7-5-13)23(25,26)27)12-19(29)20(21(17)30)22(31)28-16-10-8-15(24)9-11-16/h1,4-11,17-18,30H,3,12H2,(H,28,31). The van der Waals surface area contributed by atoms with Crippen LogP contribution in [-0.2, 0) is 15.8 Å². The first kappa shape index (κ1) is 22.1. The van der Waals surface area contributed by atoms with Gasteiger partial charge >= 0.3 is 6.18 Å². The van der Waals surface area contributed by atoms with Crippen LogP contribution in [0.15, 0.2) is 59.9 Å². The molecule has 2 N–H and O–H groups in total. The highest BCUT2D eigenvalue weighted by molar-refractivity contribution is 6.24. The molecule has 2 aromatic rings. The Morgan fingerprint density at radius 3 is 2.29 bits per heavy atom. The zero-order valence-electron chi connectivity index (χ0n) is 16.0. The van der Waals surface area contributed by atoms with E-state index in [0.29, 0.717) is 5.56 Å². The van der Waals surface area contributed by atoms with Crippen LogP contribution in [0.1, 0.15) is 29.9 Å². The van der Waals surface area contributed by atoms with Crippen LogP contribution in [0.2, 0.25) is 0 Å². The first-order valence-electron chi connectivity index (χ1n) is 9.25. The van der Waals surface area contributed by atoms with Gasteiger partial charge in [-0.15, -0.1) is 12.3 Å². The van der Waals surface area contributed by atoms with E-state index in [2.05, 4.69) is 11.2 Å². The number of nitrogens with one attached hydrogen (secondary N) is 1. The van der Waals surface area contributed by atoms with Crippen molar-refractivity contribution in [3.05, 3.63) is 76.8 Å². The van der Waals surface area contributed by atoms with E-state index in [1.165, 1.54) is 24.3 Å². The zero-order chi connectivity index (χ0) is 22.8. The van der Waals surface area contributed by atoms with E-state index in [4.69, 9.17) is 6.42 Å². The number of rotatable bonds is 4. The molecule has 4 nitrogen and oxygen atoms in total. The number of terminal acetylenes is 1. The molecule has 0 fully saturated rings. The van der Waals surface area contributed by atoms with Gasteiger partial charge in [-0.2, -0.15) is 13.2 Å². The minimum Gasteiger partial charge on any atom is -0.511 e. The van der Waals surface area contributed by atoms with Gasteiger partial charge in [0.05, 0.1) is 5.56 Å². The number of hydrogen-bond donors (Lipinski definition) is 2. The number of carbonyl (C=O) groups is 2. The molecular formula is C23H17F4NO3. The summed E-state index contributed by atoms with van der Waals surface area (Å²) >= 11 is 0. The zero-order valence-corrected chi connectivity index (χ0v) is 16.0. The van der Waals surface area contributed by atoms with Crippen molar-refractivity contribution >= 4 is 17.4 Å². The Hall–Kier alpha value is -3.60. The molecule has 8 heteroatoms. The number of ketones is 1. The molecule has 0 radical (unpaired) electrons. The molecule has 0 saturated carbocycles. The Morgan fingerprint density at radius 2 is 1.74 bits per heavy atom. The number of aliphatic hydroxyl groups is 1. The van der Waals surface area contributed by atoms with Crippen LogP contribution in [-0.4, -0.2) is 16.8 Å². The van der Waals surface area contributed by atoms with Crippen molar-refractivity contribution < 1.29 is 32.3 Å². The molecule has 2 unspecified atom stereocenters. The number of aliphatic hydroxyl groups excluding tert-OH is 1. The predicted octanol–water partition coefficient (Wildman–Crippen LogP) is 4.99. The molecule has 1 aliphatic carbocycles. The summed E-state index contributed by atoms with van der Waals surface area (Å²) in [5.41, 5.74) is -0.692. The number of hydrogen-bond acceptors (Lipinski definition) is 3. The normalized spacial score (nSPS) is 19.1. The van der Waals surface area contributed by atoms with Crippen molar-refractivity contribution in [2.24, 2.45) is 5.92 Å². The number of allylic oxidation sites excluding steroid dienone is 1. The quantitative estimate of drug-likeness (QED) is 0.407. The highest BCUT2D eigenvalue weighted by Crippen LogP contribution is 2.41. The molecule has 0 spiro atoms. The fraction of sp³-hybridized carbons (Fsp3) is 0.217. The topological polar surface area (TPSA) is 66.4 Å². The predicted molar refractivity (Wildman–Crippen MR) is 105 cm³/mol. The molecule has 0 bridgehead atoms. The van der Waals surface area contributed by atoms with Crippen molar-refractivity contribution in [1.82, 2.24) is 0 Å². The van der Waals surface area contributed by atoms with E-state index in [1.54, 1.807) is 0 Å². The lowest BCUT2D eigenvalue weighted by Gasteiger charge is -2.31. The number of benzene rings is 2. The number of carbonyl (C=O) groups excluding carboxylic acids is 2. The Bertz CT molecular complexity index is 1060. The van der Waals surface area contributed by atoms with Crippen LogP contribution >= 0.6 is 0 Å². The number of halogens is 4. The maximum absolute atomic E-state index is 13.0. The maximum Gasteiger partial charge on any atom is 0.416 e. The van der Waals surface area contributed by atoms with Gasteiger partial charge in [-0.05, 0) is 42.0 Å². The maximum atomic E-state index is 13.0. The SMILES string of the molecule is C#CCC1C(O)=C(C(=O)Nc2ccc(F)cc2)C(=O)CC1c1ccc(C(F)(F)F)cc1. The second-order valence-corrected chi connectivity index (χ2v) is 7.09. The van der Waals surface area contributed by atoms with E-state index in [9.17, 15) is 32.3 Å². The highest BCUT2D eigenvalue weighted by atomic mass is 19.4. The van der Waals surface area contributed by atoms with Gasteiger partial charge in [0.15, 0.2) is 5.78 Å². The first-order valence-corrected chi connectivity index (χ1v) is 9.25. The summed E-state index contributed by atoms with van der Waals surface area (Å²) in [6.07, 6.45) is 0.632. The van der Waals surface area contributed by atoms with E-state index < -0.39 is 52.4 Å². The average Bonchev–Trinajstić information content (AvgIpc) is 2.71. The molecule has 31 heavy (non-hydrogen) atoms. The van der Waals surface area contributed by atoms with Gasteiger partial charge < -0.3 is 10.4 Å². The third-order valence-corrected chi connectivity index (χ3v) is 5.11. The van der Waals surface area contributed by atoms with Gasteiger partial charge in [0, 0.05) is 30.4 Å². The van der Waals surface area contributed by atoms with E-state index in [0.717, 1.165) is 24.3 Å². The molecular weight excluding hydrogens is 414 g/mol. The number of Topliss-reactive ketones (excluding diaryl/α,β-unsaturated/α-hetero) is 1. The summed E-state index contributed by atoms with van der Waals surface area (Å²) in [6.45, 7) is 0. The number of amides is 1. The lowest BCUT2D eigenvalue weighted by molar-refractivity contribution is -0.137. The number of alkyl halides is 3. The largest absolute Gasteiger partial charge is 0.511 e. The van der Waals surface area contributed by atoms with Crippen LogP contribution in [0.25, 0.3) is 0 Å². The summed E-state index contributed by atoms with van der Waals surface area (Å²) in [4.78, 5) is 25.3. The molecule has 2 atom stereocenters. The molecule has 0 aliphatic heterocycles. The van der Waals surface area contributed by atoms with Crippen molar-refractivity contribution in [2.75, 3.05) is 5.32 Å². The van der Waals surface area contributed by atoms with Crippen LogP contribution < -0.4 is 5.32 Å². The third kappa shape index (κ3) is 4.77. The second-order valence-electron chi connectivity index (χ2n) is 7.09. The van der Waals surface area contributed by atoms with Gasteiger partial charge in [-0.3, -0.25) is 9.59 Å². The average molecular weight is 431 g/mol. The molecule has 0 heterocycles. The third-order valence-electron chi connectivity index (χ3n) is 5.11. The van der Waals surface area contributed by atoms with E-state index in [1.807, 2.05) is 0 Å². The Balaban J connectivity index is 1.92. The molecule has 160 valence electrons. The van der Waals surface area contributed by atoms with Gasteiger partial charge in [-0.1, -0.05) is 12.1 Å². The molecule has 0 aromatic heterocycles. The summed E-state index contributed by atoms with van der Waals surface area (Å²) < 4.78 is 51.5. The Labute approximate surface area is 175 Å². The Morgan fingerprint density at radius 1 is 1.13 bits per heavy atom. The molecule has 0 saturated heterocycles. The van der Waals surface area contributed by atoms with Gasteiger partial charge in [-0.25, -0.2) is 4.39 Å². The van der Waals surface area contributed by atoms with Crippen LogP contribution in [0.4, 0.5) is 23.2 Å². The minimum atomic E-state index is -4.51. The van der Waals surface area contributed by atoms with Crippen LogP contribution in [0.5, 0.6) is 0 Å². The molecule has 2 aromatic carbocycles. The lowest BCUT2D eigenvalue weighted by Crippen LogP contribution is -2.32. The van der Waals surface area contributed by atoms with Crippen molar-refractivity contribution in [3.63, 3.8) is 0 Å². The van der Waals surface area contributed by atoms with Crippen LogP contribution in [0, 0.1) is 24.1 Å². The van der Waals surface area contributed by atoms with Gasteiger partial charge in [0.2, 0.25) is 0 Å². The van der Waals surface area contributed by atoms with E-state index in [-0.39, 0.29) is 18.5 Å². The highest BCUT2D eigenvalue weighted by Gasteiger charge is 2.40. The molecule has 1 aliphatic rings. The fourth-order valence-electron chi connectivity index (χ4n) is 3.57. The summed E-state index contributed by atoms with van der Waals surface area (Å²) in [5, 5.41) is 13.1. The van der Waals surface area contributed by atoms with Crippen molar-refractivity contribution in [2.45, 2.75) is 24.9 Å². The van der Waals surface area contributed by atoms with Gasteiger partial charge in [0.25, 0.3) is 5.91 Å². The lowest BCUT2D eigenvalue weighted by atomic mass is 9.73. The summed E-state index contributed by atoms with van der Waals surface area (Å²) in [7, 11) is 0. The smallest absolute Gasteiger partial charge is 0.416 e. The number of anilines is 1. The van der Waals surface area contributed by atoms with Crippen molar-refractivity contribution in [3.8, 4) is 12.3 Å². The summed E-state index contributed by atoms with van der Waals surface area (Å²) in [5.74, 6) is -1.71. The fourth-order valence-corrected chi connectivity index (χ4v) is 3.57. The molecule has 1 amide bonds.